The standard InChI is InChI=1S/C23H27N3O7S/c24-12-19(34(30,31)25-13-21-23(29)22(28)20(27)14-33-21)10-15-1-2-17-11-18(4-3-16(17)9-15)26-5-7-32-8-6-26/h1-4,9-11,20-23,25,27-29H,5-8,13-14H2/b19-10+/t20-,21+,22+,23+/m0/s1. The van der Waals surface area contributed by atoms with Gasteiger partial charge in [-0.15, -0.1) is 0 Å². The zero-order valence-electron chi connectivity index (χ0n) is 18.4. The highest BCUT2D eigenvalue weighted by atomic mass is 32.2. The van der Waals surface area contributed by atoms with Gasteiger partial charge in [-0.25, -0.2) is 13.1 Å². The lowest BCUT2D eigenvalue weighted by atomic mass is 10.0. The fraction of sp³-hybridized carbons (Fsp3) is 0.435. The highest BCUT2D eigenvalue weighted by Gasteiger charge is 2.38. The third-order valence-corrected chi connectivity index (χ3v) is 7.34. The van der Waals surface area contributed by atoms with Crippen molar-refractivity contribution in [3.63, 3.8) is 0 Å². The number of fused-ring (bicyclic) bond motifs is 1. The van der Waals surface area contributed by atoms with Crippen molar-refractivity contribution in [2.75, 3.05) is 44.4 Å². The molecule has 4 rings (SSSR count). The number of aliphatic hydroxyl groups excluding tert-OH is 3. The molecule has 34 heavy (non-hydrogen) atoms. The summed E-state index contributed by atoms with van der Waals surface area (Å²) in [6.45, 7) is 2.42. The number of aliphatic hydroxyl groups is 3. The van der Waals surface area contributed by atoms with Gasteiger partial charge in [0.05, 0.1) is 25.9 Å². The molecule has 2 fully saturated rings. The number of morpholine rings is 1. The lowest BCUT2D eigenvalue weighted by Gasteiger charge is -2.35. The predicted octanol–water partition coefficient (Wildman–Crippen LogP) is -0.0582. The van der Waals surface area contributed by atoms with Crippen LogP contribution in [-0.4, -0.2) is 87.6 Å². The highest BCUT2D eigenvalue weighted by molar-refractivity contribution is 7.93. The van der Waals surface area contributed by atoms with E-state index in [-0.39, 0.29) is 13.2 Å². The van der Waals surface area contributed by atoms with E-state index in [1.54, 1.807) is 18.2 Å². The fourth-order valence-electron chi connectivity index (χ4n) is 4.00. The molecule has 0 aliphatic carbocycles. The summed E-state index contributed by atoms with van der Waals surface area (Å²) in [5, 5.41) is 40.6. The minimum Gasteiger partial charge on any atom is -0.388 e. The first-order chi connectivity index (χ1) is 16.3. The van der Waals surface area contributed by atoms with Crippen LogP contribution >= 0.6 is 0 Å². The molecule has 2 aromatic rings. The van der Waals surface area contributed by atoms with Crippen LogP contribution in [0.15, 0.2) is 41.3 Å². The smallest absolute Gasteiger partial charge is 0.250 e. The summed E-state index contributed by atoms with van der Waals surface area (Å²) in [6.07, 6.45) is -3.96. The molecule has 10 nitrogen and oxygen atoms in total. The Balaban J connectivity index is 1.49. The first-order valence-electron chi connectivity index (χ1n) is 10.9. The van der Waals surface area contributed by atoms with Crippen LogP contribution in [0.4, 0.5) is 5.69 Å². The molecule has 0 amide bonds. The summed E-state index contributed by atoms with van der Waals surface area (Å²) in [7, 11) is -4.20. The molecule has 0 spiro atoms. The molecule has 0 unspecified atom stereocenters. The summed E-state index contributed by atoms with van der Waals surface area (Å²) in [4.78, 5) is 1.75. The molecule has 2 heterocycles. The van der Waals surface area contributed by atoms with Gasteiger partial charge in [0.2, 0.25) is 0 Å². The topological polar surface area (TPSA) is 152 Å². The molecule has 4 N–H and O–H groups in total. The lowest BCUT2D eigenvalue weighted by molar-refractivity contribution is -0.184. The van der Waals surface area contributed by atoms with Crippen molar-refractivity contribution in [2.45, 2.75) is 24.4 Å². The van der Waals surface area contributed by atoms with E-state index in [0.717, 1.165) is 29.5 Å². The molecule has 182 valence electrons. The largest absolute Gasteiger partial charge is 0.388 e. The number of rotatable bonds is 6. The van der Waals surface area contributed by atoms with Gasteiger partial charge in [-0.1, -0.05) is 18.2 Å². The van der Waals surface area contributed by atoms with E-state index in [1.165, 1.54) is 6.08 Å². The lowest BCUT2D eigenvalue weighted by Crippen LogP contribution is -2.56. The molecule has 0 saturated carbocycles. The Hall–Kier alpha value is -2.56. The summed E-state index contributed by atoms with van der Waals surface area (Å²) in [5.41, 5.74) is 1.63. The average molecular weight is 490 g/mol. The van der Waals surface area contributed by atoms with Crippen molar-refractivity contribution in [2.24, 2.45) is 0 Å². The van der Waals surface area contributed by atoms with Crippen molar-refractivity contribution in [3.8, 4) is 6.07 Å². The van der Waals surface area contributed by atoms with Crippen molar-refractivity contribution >= 4 is 32.6 Å². The Bertz CT molecular complexity index is 1200. The number of nitriles is 1. The number of allylic oxidation sites excluding steroid dienone is 1. The Morgan fingerprint density at radius 3 is 2.56 bits per heavy atom. The van der Waals surface area contributed by atoms with Crippen LogP contribution in [0.25, 0.3) is 16.8 Å². The maximum absolute atomic E-state index is 12.7. The average Bonchev–Trinajstić information content (AvgIpc) is 2.85. The van der Waals surface area contributed by atoms with E-state index in [0.29, 0.717) is 18.8 Å². The maximum atomic E-state index is 12.7. The van der Waals surface area contributed by atoms with E-state index < -0.39 is 39.3 Å². The van der Waals surface area contributed by atoms with Gasteiger partial charge in [-0.05, 0) is 40.6 Å². The van der Waals surface area contributed by atoms with Crippen LogP contribution in [0.2, 0.25) is 0 Å². The van der Waals surface area contributed by atoms with Gasteiger partial charge >= 0.3 is 0 Å². The first-order valence-corrected chi connectivity index (χ1v) is 12.4. The number of anilines is 1. The third-order valence-electron chi connectivity index (χ3n) is 6.00. The maximum Gasteiger partial charge on any atom is 0.250 e. The van der Waals surface area contributed by atoms with Gasteiger partial charge in [-0.2, -0.15) is 5.26 Å². The van der Waals surface area contributed by atoms with Crippen molar-refractivity contribution in [3.05, 3.63) is 46.9 Å². The molecule has 0 aromatic heterocycles. The number of nitrogens with one attached hydrogen (secondary N) is 1. The summed E-state index contributed by atoms with van der Waals surface area (Å²) in [5.74, 6) is 0. The quantitative estimate of drug-likeness (QED) is 0.409. The number of hydrogen-bond donors (Lipinski definition) is 4. The second-order valence-electron chi connectivity index (χ2n) is 8.28. The number of hydrogen-bond acceptors (Lipinski definition) is 9. The molecule has 2 aromatic carbocycles. The number of nitrogens with zero attached hydrogens (tertiary/aromatic N) is 2. The Morgan fingerprint density at radius 2 is 1.82 bits per heavy atom. The van der Waals surface area contributed by atoms with E-state index in [1.807, 2.05) is 18.2 Å². The van der Waals surface area contributed by atoms with Crippen LogP contribution in [0.1, 0.15) is 5.56 Å². The third kappa shape index (κ3) is 5.39. The van der Waals surface area contributed by atoms with Crippen molar-refractivity contribution in [1.82, 2.24) is 4.72 Å². The number of benzene rings is 2. The zero-order chi connectivity index (χ0) is 24.3. The predicted molar refractivity (Wildman–Crippen MR) is 125 cm³/mol. The Labute approximate surface area is 197 Å². The van der Waals surface area contributed by atoms with Gasteiger partial charge in [0.25, 0.3) is 10.0 Å². The molecule has 0 radical (unpaired) electrons. The monoisotopic (exact) mass is 489 g/mol. The van der Waals surface area contributed by atoms with Gasteiger partial charge < -0.3 is 29.7 Å². The van der Waals surface area contributed by atoms with Gasteiger partial charge in [-0.3, -0.25) is 0 Å². The van der Waals surface area contributed by atoms with E-state index in [4.69, 9.17) is 9.47 Å². The van der Waals surface area contributed by atoms with Gasteiger partial charge in [0.15, 0.2) is 4.91 Å². The molecule has 11 heteroatoms. The fourth-order valence-corrected chi connectivity index (χ4v) is 4.95. The van der Waals surface area contributed by atoms with Crippen LogP contribution < -0.4 is 9.62 Å². The minimum atomic E-state index is -4.20. The SMILES string of the molecule is N#C/C(=C\c1ccc2cc(N3CCOCC3)ccc2c1)S(=O)(=O)NC[C@H]1OC[C@H](O)[C@@H](O)[C@@H]1O. The van der Waals surface area contributed by atoms with E-state index >= 15 is 0 Å². The number of ether oxygens (including phenoxy) is 2. The molecule has 4 atom stereocenters. The molecule has 0 bridgehead atoms. The molecular weight excluding hydrogens is 462 g/mol. The summed E-state index contributed by atoms with van der Waals surface area (Å²) in [6, 6.07) is 13.2. The second-order valence-corrected chi connectivity index (χ2v) is 10.0. The van der Waals surface area contributed by atoms with Crippen molar-refractivity contribution in [1.29, 1.82) is 5.26 Å². The summed E-state index contributed by atoms with van der Waals surface area (Å²) < 4.78 is 38.2. The van der Waals surface area contributed by atoms with Crippen LogP contribution in [0, 0.1) is 11.3 Å². The van der Waals surface area contributed by atoms with Crippen LogP contribution in [-0.2, 0) is 19.5 Å². The normalized spacial score (nSPS) is 26.4. The Morgan fingerprint density at radius 1 is 1.12 bits per heavy atom. The molecule has 2 saturated heterocycles. The minimum absolute atomic E-state index is 0.240. The van der Waals surface area contributed by atoms with Crippen molar-refractivity contribution < 1.29 is 33.2 Å². The van der Waals surface area contributed by atoms with Crippen LogP contribution in [0.5, 0.6) is 0 Å². The summed E-state index contributed by atoms with van der Waals surface area (Å²) >= 11 is 0. The highest BCUT2D eigenvalue weighted by Crippen LogP contribution is 2.25. The van der Waals surface area contributed by atoms with E-state index in [2.05, 4.69) is 15.7 Å². The zero-order valence-corrected chi connectivity index (χ0v) is 19.2. The molecule has 2 aliphatic heterocycles. The first kappa shape index (κ1) is 24.6. The second kappa shape index (κ2) is 10.4. The number of sulfonamides is 1. The molecule has 2 aliphatic rings. The van der Waals surface area contributed by atoms with E-state index in [9.17, 15) is 29.0 Å². The van der Waals surface area contributed by atoms with Gasteiger partial charge in [0.1, 0.15) is 24.4 Å². The molecular formula is C23H27N3O7S. The van der Waals surface area contributed by atoms with Gasteiger partial charge in [0, 0.05) is 25.3 Å². The van der Waals surface area contributed by atoms with Crippen LogP contribution in [0.3, 0.4) is 0 Å². The Kier molecular flexibility index (Phi) is 7.49.